The Hall–Kier alpha value is -1.02. The number of benzene rings is 1. The Labute approximate surface area is 110 Å². The lowest BCUT2D eigenvalue weighted by atomic mass is 9.86. The lowest BCUT2D eigenvalue weighted by Gasteiger charge is -2.32. The Morgan fingerprint density at radius 3 is 2.67 bits per heavy atom. The molecule has 0 aliphatic heterocycles. The van der Waals surface area contributed by atoms with E-state index >= 15 is 0 Å². The fraction of sp³-hybridized carbons (Fsp3) is 0.625. The first-order valence-corrected chi connectivity index (χ1v) is 7.08. The second-order valence-corrected chi connectivity index (χ2v) is 6.12. The van der Waals surface area contributed by atoms with Crippen molar-refractivity contribution in [1.29, 1.82) is 0 Å². The number of aromatic hydroxyl groups is 1. The first-order valence-electron chi connectivity index (χ1n) is 7.08. The second-order valence-electron chi connectivity index (χ2n) is 6.12. The zero-order chi connectivity index (χ0) is 13.2. The van der Waals surface area contributed by atoms with E-state index in [-0.39, 0.29) is 6.04 Å². The minimum Gasteiger partial charge on any atom is -0.508 e. The summed E-state index contributed by atoms with van der Waals surface area (Å²) < 4.78 is 0. The van der Waals surface area contributed by atoms with Crippen LogP contribution in [-0.2, 0) is 0 Å². The van der Waals surface area contributed by atoms with Crippen LogP contribution >= 0.6 is 0 Å². The quantitative estimate of drug-likeness (QED) is 0.842. The Kier molecular flexibility index (Phi) is 3.96. The van der Waals surface area contributed by atoms with Gasteiger partial charge in [-0.3, -0.25) is 0 Å². The van der Waals surface area contributed by atoms with Gasteiger partial charge in [0.2, 0.25) is 0 Å². The molecule has 0 radical (unpaired) electrons. The van der Waals surface area contributed by atoms with Crippen LogP contribution in [-0.4, -0.2) is 11.1 Å². The average Bonchev–Trinajstić information content (AvgIpc) is 2.66. The highest BCUT2D eigenvalue weighted by molar-refractivity contribution is 5.34. The number of hydrogen-bond donors (Lipinski definition) is 2. The van der Waals surface area contributed by atoms with Crippen molar-refractivity contribution in [3.8, 4) is 5.75 Å². The first kappa shape index (κ1) is 13.4. The fourth-order valence-electron chi connectivity index (χ4n) is 3.09. The molecule has 0 spiro atoms. The van der Waals surface area contributed by atoms with Gasteiger partial charge in [-0.25, -0.2) is 0 Å². The van der Waals surface area contributed by atoms with Crippen molar-refractivity contribution in [2.75, 3.05) is 0 Å². The molecular weight excluding hydrogens is 222 g/mol. The molecule has 1 aromatic rings. The first-order chi connectivity index (χ1) is 8.54. The molecule has 2 atom stereocenters. The van der Waals surface area contributed by atoms with Gasteiger partial charge in [-0.05, 0) is 30.7 Å². The lowest BCUT2D eigenvalue weighted by molar-refractivity contribution is 0.257. The number of para-hydroxylation sites is 1. The summed E-state index contributed by atoms with van der Waals surface area (Å²) >= 11 is 0. The van der Waals surface area contributed by atoms with Gasteiger partial charge in [0.1, 0.15) is 5.75 Å². The van der Waals surface area contributed by atoms with Crippen LogP contribution < -0.4 is 5.32 Å². The van der Waals surface area contributed by atoms with Gasteiger partial charge < -0.3 is 10.4 Å². The van der Waals surface area contributed by atoms with E-state index in [9.17, 15) is 5.11 Å². The highest BCUT2D eigenvalue weighted by Gasteiger charge is 2.35. The van der Waals surface area contributed by atoms with Crippen molar-refractivity contribution in [1.82, 2.24) is 5.32 Å². The van der Waals surface area contributed by atoms with Crippen molar-refractivity contribution in [2.24, 2.45) is 5.41 Å². The lowest BCUT2D eigenvalue weighted by Crippen LogP contribution is -2.39. The zero-order valence-corrected chi connectivity index (χ0v) is 11.7. The molecule has 1 aliphatic carbocycles. The molecule has 1 fully saturated rings. The molecule has 2 unspecified atom stereocenters. The Morgan fingerprint density at radius 2 is 2.11 bits per heavy atom. The van der Waals surface area contributed by atoms with Gasteiger partial charge in [0.25, 0.3) is 0 Å². The largest absolute Gasteiger partial charge is 0.508 e. The van der Waals surface area contributed by atoms with E-state index in [1.165, 1.54) is 19.3 Å². The van der Waals surface area contributed by atoms with Crippen LogP contribution in [0.1, 0.15) is 58.1 Å². The van der Waals surface area contributed by atoms with Crippen molar-refractivity contribution < 1.29 is 5.11 Å². The van der Waals surface area contributed by atoms with Crippen LogP contribution in [0.5, 0.6) is 5.75 Å². The SMILES string of the molecule is CCC(NC1CCCC1(C)C)c1ccccc1O. The van der Waals surface area contributed by atoms with Gasteiger partial charge in [0, 0.05) is 17.6 Å². The Bertz CT molecular complexity index is 400. The van der Waals surface area contributed by atoms with E-state index in [1.54, 1.807) is 6.07 Å². The van der Waals surface area contributed by atoms with Gasteiger partial charge in [-0.1, -0.05) is 45.4 Å². The number of rotatable bonds is 4. The maximum Gasteiger partial charge on any atom is 0.120 e. The summed E-state index contributed by atoms with van der Waals surface area (Å²) in [5, 5.41) is 13.7. The summed E-state index contributed by atoms with van der Waals surface area (Å²) in [5.74, 6) is 0.410. The van der Waals surface area contributed by atoms with Crippen molar-refractivity contribution in [3.05, 3.63) is 29.8 Å². The van der Waals surface area contributed by atoms with Gasteiger partial charge in [0.15, 0.2) is 0 Å². The van der Waals surface area contributed by atoms with Crippen molar-refractivity contribution >= 4 is 0 Å². The molecule has 1 aromatic carbocycles. The molecule has 2 heteroatoms. The van der Waals surface area contributed by atoms with Gasteiger partial charge in [-0.2, -0.15) is 0 Å². The predicted octanol–water partition coefficient (Wildman–Crippen LogP) is 4.01. The molecule has 0 amide bonds. The molecule has 2 N–H and O–H groups in total. The summed E-state index contributed by atoms with van der Waals surface area (Å²) in [6.07, 6.45) is 4.85. The Balaban J connectivity index is 2.13. The maximum absolute atomic E-state index is 9.98. The molecule has 18 heavy (non-hydrogen) atoms. The highest BCUT2D eigenvalue weighted by atomic mass is 16.3. The van der Waals surface area contributed by atoms with E-state index < -0.39 is 0 Å². The molecular formula is C16H25NO. The van der Waals surface area contributed by atoms with Crippen LogP contribution in [0.25, 0.3) is 0 Å². The molecule has 2 nitrogen and oxygen atoms in total. The van der Waals surface area contributed by atoms with E-state index in [0.717, 1.165) is 12.0 Å². The minimum atomic E-state index is 0.258. The third-order valence-electron chi connectivity index (χ3n) is 4.38. The third kappa shape index (κ3) is 2.69. The number of phenols is 1. The van der Waals surface area contributed by atoms with E-state index in [2.05, 4.69) is 26.1 Å². The number of phenolic OH excluding ortho intramolecular Hbond substituents is 1. The minimum absolute atomic E-state index is 0.258. The van der Waals surface area contributed by atoms with Gasteiger partial charge in [0.05, 0.1) is 0 Å². The van der Waals surface area contributed by atoms with Crippen LogP contribution in [0.4, 0.5) is 0 Å². The van der Waals surface area contributed by atoms with Gasteiger partial charge in [-0.15, -0.1) is 0 Å². The predicted molar refractivity (Wildman–Crippen MR) is 75.7 cm³/mol. The summed E-state index contributed by atoms with van der Waals surface area (Å²) in [5.41, 5.74) is 1.40. The van der Waals surface area contributed by atoms with Crippen molar-refractivity contribution in [2.45, 2.75) is 58.5 Å². The van der Waals surface area contributed by atoms with E-state index in [4.69, 9.17) is 0 Å². The monoisotopic (exact) mass is 247 g/mol. The highest BCUT2D eigenvalue weighted by Crippen LogP contribution is 2.39. The van der Waals surface area contributed by atoms with E-state index in [1.807, 2.05) is 18.2 Å². The molecule has 1 saturated carbocycles. The smallest absolute Gasteiger partial charge is 0.120 e. The number of nitrogens with one attached hydrogen (secondary N) is 1. The fourth-order valence-corrected chi connectivity index (χ4v) is 3.09. The van der Waals surface area contributed by atoms with Crippen molar-refractivity contribution in [3.63, 3.8) is 0 Å². The summed E-state index contributed by atoms with van der Waals surface area (Å²) in [6.45, 7) is 6.86. The molecule has 100 valence electrons. The summed E-state index contributed by atoms with van der Waals surface area (Å²) in [4.78, 5) is 0. The van der Waals surface area contributed by atoms with E-state index in [0.29, 0.717) is 17.2 Å². The molecule has 0 aromatic heterocycles. The molecule has 1 aliphatic rings. The topological polar surface area (TPSA) is 32.3 Å². The zero-order valence-electron chi connectivity index (χ0n) is 11.7. The van der Waals surface area contributed by atoms with Gasteiger partial charge >= 0.3 is 0 Å². The number of hydrogen-bond acceptors (Lipinski definition) is 2. The summed E-state index contributed by atoms with van der Waals surface area (Å²) in [7, 11) is 0. The average molecular weight is 247 g/mol. The summed E-state index contributed by atoms with van der Waals surface area (Å²) in [6, 6.07) is 8.50. The standard InChI is InChI=1S/C16H25NO/c1-4-13(12-8-5-6-9-14(12)18)17-15-10-7-11-16(15,2)3/h5-6,8-9,13,15,17-18H,4,7,10-11H2,1-3H3. The molecule has 0 saturated heterocycles. The molecule has 0 heterocycles. The van der Waals surface area contributed by atoms with Crippen LogP contribution in [0, 0.1) is 5.41 Å². The Morgan fingerprint density at radius 1 is 1.39 bits per heavy atom. The van der Waals surface area contributed by atoms with Crippen LogP contribution in [0.15, 0.2) is 24.3 Å². The normalized spacial score (nSPS) is 24.1. The maximum atomic E-state index is 9.98. The molecule has 2 rings (SSSR count). The molecule has 0 bridgehead atoms. The third-order valence-corrected chi connectivity index (χ3v) is 4.38. The second kappa shape index (κ2) is 5.31. The van der Waals surface area contributed by atoms with Crippen LogP contribution in [0.3, 0.4) is 0 Å². The van der Waals surface area contributed by atoms with Crippen LogP contribution in [0.2, 0.25) is 0 Å².